The molecule has 1 amide bonds. The summed E-state index contributed by atoms with van der Waals surface area (Å²) in [7, 11) is 0. The number of amides is 1. The van der Waals surface area contributed by atoms with Crippen LogP contribution in [0.2, 0.25) is 0 Å². The number of fused-ring (bicyclic) bond motifs is 1. The first kappa shape index (κ1) is 17.0. The molecule has 4 aromatic rings. The van der Waals surface area contributed by atoms with E-state index in [1.54, 1.807) is 25.1 Å². The molecule has 27 heavy (non-hydrogen) atoms. The lowest BCUT2D eigenvalue weighted by Gasteiger charge is -2.09. The van der Waals surface area contributed by atoms with Crippen LogP contribution in [-0.2, 0) is 0 Å². The smallest absolute Gasteiger partial charge is 0.255 e. The number of halogens is 1. The van der Waals surface area contributed by atoms with Crippen LogP contribution < -0.4 is 5.32 Å². The van der Waals surface area contributed by atoms with Gasteiger partial charge < -0.3 is 5.32 Å². The number of anilines is 1. The molecule has 3 aromatic carbocycles. The van der Waals surface area contributed by atoms with Gasteiger partial charge in [-0.2, -0.15) is 0 Å². The van der Waals surface area contributed by atoms with Crippen LogP contribution in [0.4, 0.5) is 10.1 Å². The standard InChI is InChI=1S/C22H18FN3O/c1-14-12-17(23)9-10-19(14)25-22(27)16-8-11-21-20(13-16)24-15(2)26(21)18-6-4-3-5-7-18/h3-13H,1-2H3,(H,25,27). The summed E-state index contributed by atoms with van der Waals surface area (Å²) in [5.41, 5.74) is 4.48. The predicted molar refractivity (Wildman–Crippen MR) is 105 cm³/mol. The van der Waals surface area contributed by atoms with Gasteiger partial charge in [0.1, 0.15) is 11.6 Å². The Labute approximate surface area is 156 Å². The normalized spacial score (nSPS) is 10.9. The number of rotatable bonds is 3. The van der Waals surface area contributed by atoms with Gasteiger partial charge in [0.25, 0.3) is 5.91 Å². The highest BCUT2D eigenvalue weighted by Crippen LogP contribution is 2.23. The molecule has 0 radical (unpaired) electrons. The fraction of sp³-hybridized carbons (Fsp3) is 0.0909. The Hall–Kier alpha value is -3.47. The monoisotopic (exact) mass is 359 g/mol. The molecule has 0 atom stereocenters. The SMILES string of the molecule is Cc1cc(F)ccc1NC(=O)c1ccc2c(c1)nc(C)n2-c1ccccc1. The Balaban J connectivity index is 1.69. The molecule has 0 saturated carbocycles. The fourth-order valence-electron chi connectivity index (χ4n) is 3.21. The summed E-state index contributed by atoms with van der Waals surface area (Å²) in [6.45, 7) is 3.70. The molecule has 134 valence electrons. The molecule has 0 saturated heterocycles. The van der Waals surface area contributed by atoms with Gasteiger partial charge in [-0.15, -0.1) is 0 Å². The van der Waals surface area contributed by atoms with Gasteiger partial charge in [-0.25, -0.2) is 9.37 Å². The molecule has 1 N–H and O–H groups in total. The highest BCUT2D eigenvalue weighted by molar-refractivity contribution is 6.06. The van der Waals surface area contributed by atoms with E-state index in [1.807, 2.05) is 43.3 Å². The molecule has 4 nitrogen and oxygen atoms in total. The van der Waals surface area contributed by atoms with Crippen LogP contribution in [0.15, 0.2) is 66.7 Å². The summed E-state index contributed by atoms with van der Waals surface area (Å²) in [4.78, 5) is 17.2. The number of nitrogens with one attached hydrogen (secondary N) is 1. The van der Waals surface area contributed by atoms with Gasteiger partial charge in [-0.3, -0.25) is 9.36 Å². The maximum Gasteiger partial charge on any atom is 0.255 e. The van der Waals surface area contributed by atoms with E-state index in [0.717, 1.165) is 22.5 Å². The lowest BCUT2D eigenvalue weighted by molar-refractivity contribution is 0.102. The first-order valence-electron chi connectivity index (χ1n) is 8.65. The number of benzene rings is 3. The van der Waals surface area contributed by atoms with E-state index in [9.17, 15) is 9.18 Å². The molecular formula is C22H18FN3O. The van der Waals surface area contributed by atoms with Gasteiger partial charge in [0.05, 0.1) is 11.0 Å². The van der Waals surface area contributed by atoms with Crippen molar-refractivity contribution in [2.45, 2.75) is 13.8 Å². The second-order valence-corrected chi connectivity index (χ2v) is 6.45. The second-order valence-electron chi connectivity index (χ2n) is 6.45. The van der Waals surface area contributed by atoms with Crippen LogP contribution in [0.5, 0.6) is 0 Å². The zero-order valence-electron chi connectivity index (χ0n) is 15.0. The van der Waals surface area contributed by atoms with Crippen LogP contribution in [0.3, 0.4) is 0 Å². The molecule has 0 aliphatic carbocycles. The Morgan fingerprint density at radius 3 is 2.52 bits per heavy atom. The van der Waals surface area contributed by atoms with Crippen LogP contribution in [0, 0.1) is 19.7 Å². The number of imidazole rings is 1. The number of aryl methyl sites for hydroxylation is 2. The zero-order valence-corrected chi connectivity index (χ0v) is 15.0. The Kier molecular flexibility index (Phi) is 4.20. The van der Waals surface area contributed by atoms with Crippen LogP contribution in [-0.4, -0.2) is 15.5 Å². The first-order chi connectivity index (χ1) is 13.0. The van der Waals surface area contributed by atoms with Crippen molar-refractivity contribution in [3.63, 3.8) is 0 Å². The van der Waals surface area contributed by atoms with Crippen LogP contribution in [0.25, 0.3) is 16.7 Å². The molecule has 0 aliphatic heterocycles. The summed E-state index contributed by atoms with van der Waals surface area (Å²) >= 11 is 0. The first-order valence-corrected chi connectivity index (χ1v) is 8.65. The number of aromatic nitrogens is 2. The summed E-state index contributed by atoms with van der Waals surface area (Å²) in [5, 5.41) is 2.83. The highest BCUT2D eigenvalue weighted by atomic mass is 19.1. The van der Waals surface area contributed by atoms with E-state index in [-0.39, 0.29) is 11.7 Å². The van der Waals surface area contributed by atoms with Crippen molar-refractivity contribution in [2.24, 2.45) is 0 Å². The van der Waals surface area contributed by atoms with Crippen LogP contribution >= 0.6 is 0 Å². The summed E-state index contributed by atoms with van der Waals surface area (Å²) in [5.74, 6) is 0.274. The lowest BCUT2D eigenvalue weighted by Crippen LogP contribution is -2.12. The van der Waals surface area contributed by atoms with E-state index in [2.05, 4.69) is 14.9 Å². The molecule has 0 bridgehead atoms. The average molecular weight is 359 g/mol. The third kappa shape index (κ3) is 3.19. The maximum absolute atomic E-state index is 13.2. The Bertz CT molecular complexity index is 1150. The summed E-state index contributed by atoms with van der Waals surface area (Å²) in [6, 6.07) is 19.7. The van der Waals surface area contributed by atoms with E-state index in [0.29, 0.717) is 16.8 Å². The third-order valence-corrected chi connectivity index (χ3v) is 4.54. The van der Waals surface area contributed by atoms with Gasteiger partial charge in [-0.05, 0) is 67.9 Å². The van der Waals surface area contributed by atoms with Crippen molar-refractivity contribution in [3.05, 3.63) is 89.5 Å². The van der Waals surface area contributed by atoms with Crippen molar-refractivity contribution in [1.29, 1.82) is 0 Å². The molecule has 0 unspecified atom stereocenters. The number of hydrogen-bond acceptors (Lipinski definition) is 2. The Morgan fingerprint density at radius 2 is 1.78 bits per heavy atom. The van der Waals surface area contributed by atoms with Gasteiger partial charge in [0, 0.05) is 16.9 Å². The number of para-hydroxylation sites is 1. The van der Waals surface area contributed by atoms with E-state index in [1.165, 1.54) is 12.1 Å². The molecule has 0 aliphatic rings. The topological polar surface area (TPSA) is 46.9 Å². The number of hydrogen-bond donors (Lipinski definition) is 1. The fourth-order valence-corrected chi connectivity index (χ4v) is 3.21. The molecule has 1 aromatic heterocycles. The zero-order chi connectivity index (χ0) is 19.0. The minimum absolute atomic E-state index is 0.251. The quantitative estimate of drug-likeness (QED) is 0.557. The lowest BCUT2D eigenvalue weighted by atomic mass is 10.1. The van der Waals surface area contributed by atoms with Crippen molar-refractivity contribution in [2.75, 3.05) is 5.32 Å². The van der Waals surface area contributed by atoms with E-state index < -0.39 is 0 Å². The van der Waals surface area contributed by atoms with E-state index in [4.69, 9.17) is 0 Å². The summed E-state index contributed by atoms with van der Waals surface area (Å²) in [6.07, 6.45) is 0. The van der Waals surface area contributed by atoms with Crippen molar-refractivity contribution < 1.29 is 9.18 Å². The minimum atomic E-state index is -0.325. The molecule has 5 heteroatoms. The molecule has 0 spiro atoms. The van der Waals surface area contributed by atoms with Crippen molar-refractivity contribution >= 4 is 22.6 Å². The van der Waals surface area contributed by atoms with Gasteiger partial charge in [0.2, 0.25) is 0 Å². The van der Waals surface area contributed by atoms with Gasteiger partial charge in [0.15, 0.2) is 0 Å². The van der Waals surface area contributed by atoms with Crippen molar-refractivity contribution in [3.8, 4) is 5.69 Å². The second kappa shape index (κ2) is 6.68. The van der Waals surface area contributed by atoms with Crippen LogP contribution in [0.1, 0.15) is 21.7 Å². The Morgan fingerprint density at radius 1 is 1.00 bits per heavy atom. The molecule has 0 fully saturated rings. The minimum Gasteiger partial charge on any atom is -0.322 e. The number of carbonyl (C=O) groups is 1. The largest absolute Gasteiger partial charge is 0.322 e. The molecule has 1 heterocycles. The molecule has 4 rings (SSSR count). The maximum atomic E-state index is 13.2. The average Bonchev–Trinajstić information content (AvgIpc) is 2.99. The van der Waals surface area contributed by atoms with Crippen molar-refractivity contribution in [1.82, 2.24) is 9.55 Å². The van der Waals surface area contributed by atoms with Gasteiger partial charge in [-0.1, -0.05) is 18.2 Å². The van der Waals surface area contributed by atoms with Gasteiger partial charge >= 0.3 is 0 Å². The molecular weight excluding hydrogens is 341 g/mol. The summed E-state index contributed by atoms with van der Waals surface area (Å²) < 4.78 is 15.3. The number of nitrogens with zero attached hydrogens (tertiary/aromatic N) is 2. The predicted octanol–water partition coefficient (Wildman–Crippen LogP) is 5.03. The highest BCUT2D eigenvalue weighted by Gasteiger charge is 2.13. The number of carbonyl (C=O) groups excluding carboxylic acids is 1. The van der Waals surface area contributed by atoms with E-state index >= 15 is 0 Å². The third-order valence-electron chi connectivity index (χ3n) is 4.54.